The number of likely N-dealkylation sites (N-methyl/N-ethyl adjacent to an activating group) is 1. The van der Waals surface area contributed by atoms with E-state index in [1.807, 2.05) is 58.0 Å². The quantitative estimate of drug-likeness (QED) is 0.430. The first-order valence-electron chi connectivity index (χ1n) is 12.3. The zero-order chi connectivity index (χ0) is 27.2. The lowest BCUT2D eigenvalue weighted by atomic mass is 10.1. The van der Waals surface area contributed by atoms with Crippen LogP contribution in [0.3, 0.4) is 0 Å². The first kappa shape index (κ1) is 27.9. The van der Waals surface area contributed by atoms with Gasteiger partial charge in [-0.05, 0) is 75.6 Å². The summed E-state index contributed by atoms with van der Waals surface area (Å²) in [6.07, 6.45) is 0. The monoisotopic (exact) mass is 521 g/mol. The van der Waals surface area contributed by atoms with Crippen molar-refractivity contribution in [3.8, 4) is 0 Å². The van der Waals surface area contributed by atoms with Gasteiger partial charge in [-0.2, -0.15) is 0 Å². The maximum atomic E-state index is 13.8. The summed E-state index contributed by atoms with van der Waals surface area (Å²) in [4.78, 5) is 28.2. The molecule has 0 heterocycles. The van der Waals surface area contributed by atoms with Crippen molar-refractivity contribution in [2.75, 3.05) is 17.4 Å². The molecule has 0 aliphatic rings. The maximum absolute atomic E-state index is 13.8. The number of nitrogens with zero attached hydrogens (tertiary/aromatic N) is 2. The minimum Gasteiger partial charge on any atom is -0.355 e. The third kappa shape index (κ3) is 6.77. The first-order chi connectivity index (χ1) is 17.5. The SMILES string of the molecule is CCNC(=O)C(C)N(Cc1ccccc1C)C(=O)CN(c1cccc(C)c1)S(=O)(=O)c1ccc(C)cc1. The van der Waals surface area contributed by atoms with E-state index in [1.165, 1.54) is 4.90 Å². The van der Waals surface area contributed by atoms with Crippen molar-refractivity contribution in [3.63, 3.8) is 0 Å². The Kier molecular flexibility index (Phi) is 9.10. The standard InChI is InChI=1S/C29H35N3O4S/c1-6-30-29(34)24(5)31(19-25-12-8-7-11-23(25)4)28(33)20-32(26-13-9-10-22(3)18-26)37(35,36)27-16-14-21(2)15-17-27/h7-18,24H,6,19-20H2,1-5H3,(H,30,34). The fraction of sp³-hybridized carbons (Fsp3) is 0.310. The molecule has 0 aliphatic heterocycles. The number of rotatable bonds is 10. The second-order valence-corrected chi connectivity index (χ2v) is 11.0. The van der Waals surface area contributed by atoms with Crippen molar-refractivity contribution >= 4 is 27.5 Å². The lowest BCUT2D eigenvalue weighted by molar-refractivity contribution is -0.139. The van der Waals surface area contributed by atoms with Gasteiger partial charge in [0.15, 0.2) is 0 Å². The van der Waals surface area contributed by atoms with Gasteiger partial charge in [-0.25, -0.2) is 8.42 Å². The Labute approximate surface area is 220 Å². The largest absolute Gasteiger partial charge is 0.355 e. The Morgan fingerprint density at radius 3 is 2.19 bits per heavy atom. The number of hydrogen-bond acceptors (Lipinski definition) is 4. The van der Waals surface area contributed by atoms with E-state index < -0.39 is 28.5 Å². The van der Waals surface area contributed by atoms with Gasteiger partial charge in [-0.3, -0.25) is 13.9 Å². The van der Waals surface area contributed by atoms with Crippen molar-refractivity contribution in [2.24, 2.45) is 0 Å². The molecule has 196 valence electrons. The Balaban J connectivity index is 2.04. The van der Waals surface area contributed by atoms with E-state index in [0.29, 0.717) is 12.2 Å². The van der Waals surface area contributed by atoms with Crippen LogP contribution < -0.4 is 9.62 Å². The normalized spacial score (nSPS) is 12.0. The van der Waals surface area contributed by atoms with Gasteiger partial charge < -0.3 is 10.2 Å². The zero-order valence-electron chi connectivity index (χ0n) is 22.1. The Morgan fingerprint density at radius 2 is 1.57 bits per heavy atom. The molecular formula is C29H35N3O4S. The van der Waals surface area contributed by atoms with Crippen molar-refractivity contribution in [1.29, 1.82) is 0 Å². The molecule has 0 fully saturated rings. The highest BCUT2D eigenvalue weighted by molar-refractivity contribution is 7.92. The highest BCUT2D eigenvalue weighted by Crippen LogP contribution is 2.26. The minimum atomic E-state index is -4.07. The van der Waals surface area contributed by atoms with E-state index >= 15 is 0 Å². The molecule has 3 rings (SSSR count). The average molecular weight is 522 g/mol. The first-order valence-corrected chi connectivity index (χ1v) is 13.8. The molecule has 1 unspecified atom stereocenters. The van der Waals surface area contributed by atoms with Crippen LogP contribution in [0.15, 0.2) is 77.7 Å². The van der Waals surface area contributed by atoms with Gasteiger partial charge in [0.1, 0.15) is 12.6 Å². The van der Waals surface area contributed by atoms with Gasteiger partial charge in [-0.1, -0.05) is 54.1 Å². The van der Waals surface area contributed by atoms with Gasteiger partial charge in [0, 0.05) is 13.1 Å². The fourth-order valence-corrected chi connectivity index (χ4v) is 5.43. The van der Waals surface area contributed by atoms with Crippen LogP contribution in [0.4, 0.5) is 5.69 Å². The van der Waals surface area contributed by atoms with E-state index in [-0.39, 0.29) is 17.3 Å². The number of nitrogens with one attached hydrogen (secondary N) is 1. The number of anilines is 1. The Hall–Kier alpha value is -3.65. The smallest absolute Gasteiger partial charge is 0.264 e. The third-order valence-electron chi connectivity index (χ3n) is 6.30. The molecule has 0 aromatic heterocycles. The second-order valence-electron chi connectivity index (χ2n) is 9.18. The summed E-state index contributed by atoms with van der Waals surface area (Å²) in [6.45, 7) is 9.31. The lowest BCUT2D eigenvalue weighted by Crippen LogP contribution is -2.51. The molecule has 8 heteroatoms. The van der Waals surface area contributed by atoms with Crippen LogP contribution in [0.1, 0.15) is 36.1 Å². The van der Waals surface area contributed by atoms with Crippen LogP contribution >= 0.6 is 0 Å². The summed E-state index contributed by atoms with van der Waals surface area (Å²) in [5, 5.41) is 2.77. The number of sulfonamides is 1. The zero-order valence-corrected chi connectivity index (χ0v) is 22.9. The van der Waals surface area contributed by atoms with E-state index in [1.54, 1.807) is 49.4 Å². The number of benzene rings is 3. The molecule has 0 aliphatic carbocycles. The summed E-state index contributed by atoms with van der Waals surface area (Å²) in [6, 6.07) is 20.4. The van der Waals surface area contributed by atoms with Crippen LogP contribution in [0.2, 0.25) is 0 Å². The predicted octanol–water partition coefficient (Wildman–Crippen LogP) is 4.36. The number of carbonyl (C=O) groups excluding carboxylic acids is 2. The van der Waals surface area contributed by atoms with Crippen molar-refractivity contribution in [2.45, 2.75) is 52.1 Å². The molecule has 7 nitrogen and oxygen atoms in total. The van der Waals surface area contributed by atoms with E-state index in [9.17, 15) is 18.0 Å². The van der Waals surface area contributed by atoms with Crippen LogP contribution in [-0.2, 0) is 26.2 Å². The highest BCUT2D eigenvalue weighted by atomic mass is 32.2. The van der Waals surface area contributed by atoms with E-state index in [0.717, 1.165) is 26.6 Å². The van der Waals surface area contributed by atoms with Gasteiger partial charge in [0.25, 0.3) is 10.0 Å². The second kappa shape index (κ2) is 12.1. The number of hydrogen-bond donors (Lipinski definition) is 1. The molecule has 3 aromatic carbocycles. The molecule has 0 saturated carbocycles. The molecule has 1 atom stereocenters. The minimum absolute atomic E-state index is 0.0923. The Bertz CT molecular complexity index is 1350. The third-order valence-corrected chi connectivity index (χ3v) is 8.09. The van der Waals surface area contributed by atoms with Crippen LogP contribution in [-0.4, -0.2) is 44.3 Å². The van der Waals surface area contributed by atoms with Gasteiger partial charge in [-0.15, -0.1) is 0 Å². The van der Waals surface area contributed by atoms with Crippen LogP contribution in [0.25, 0.3) is 0 Å². The molecule has 0 bridgehead atoms. The number of amides is 2. The summed E-state index contributed by atoms with van der Waals surface area (Å²) in [7, 11) is -4.07. The number of carbonyl (C=O) groups is 2. The molecule has 0 spiro atoms. The van der Waals surface area contributed by atoms with E-state index in [4.69, 9.17) is 0 Å². The van der Waals surface area contributed by atoms with Gasteiger partial charge in [0.05, 0.1) is 10.6 Å². The average Bonchev–Trinajstić information content (AvgIpc) is 2.86. The molecule has 37 heavy (non-hydrogen) atoms. The van der Waals surface area contributed by atoms with Crippen molar-refractivity contribution in [1.82, 2.24) is 10.2 Å². The molecular weight excluding hydrogens is 486 g/mol. The lowest BCUT2D eigenvalue weighted by Gasteiger charge is -2.32. The molecule has 1 N–H and O–H groups in total. The molecule has 2 amide bonds. The van der Waals surface area contributed by atoms with Crippen molar-refractivity contribution < 1.29 is 18.0 Å². The van der Waals surface area contributed by atoms with Gasteiger partial charge >= 0.3 is 0 Å². The Morgan fingerprint density at radius 1 is 0.892 bits per heavy atom. The predicted molar refractivity (Wildman–Crippen MR) is 147 cm³/mol. The van der Waals surface area contributed by atoms with Crippen LogP contribution in [0.5, 0.6) is 0 Å². The summed E-state index contributed by atoms with van der Waals surface area (Å²) < 4.78 is 28.7. The highest BCUT2D eigenvalue weighted by Gasteiger charge is 2.32. The topological polar surface area (TPSA) is 86.8 Å². The van der Waals surface area contributed by atoms with Crippen molar-refractivity contribution in [3.05, 3.63) is 95.1 Å². The molecule has 0 saturated heterocycles. The summed E-state index contributed by atoms with van der Waals surface area (Å²) >= 11 is 0. The number of aryl methyl sites for hydroxylation is 3. The van der Waals surface area contributed by atoms with Crippen LogP contribution in [0, 0.1) is 20.8 Å². The maximum Gasteiger partial charge on any atom is 0.264 e. The van der Waals surface area contributed by atoms with Gasteiger partial charge in [0.2, 0.25) is 11.8 Å². The summed E-state index contributed by atoms with van der Waals surface area (Å²) in [5.74, 6) is -0.771. The summed E-state index contributed by atoms with van der Waals surface area (Å²) in [5.41, 5.74) is 4.04. The molecule has 0 radical (unpaired) electrons. The fourth-order valence-electron chi connectivity index (χ4n) is 4.02. The molecule has 3 aromatic rings. The van der Waals surface area contributed by atoms with E-state index in [2.05, 4.69) is 5.32 Å².